The third kappa shape index (κ3) is 3.11. The van der Waals surface area contributed by atoms with Crippen molar-refractivity contribution in [2.24, 2.45) is 0 Å². The molecule has 0 aromatic heterocycles. The number of aryl methyl sites for hydroxylation is 2. The van der Waals surface area contributed by atoms with Crippen molar-refractivity contribution in [1.82, 2.24) is 0 Å². The fraction of sp³-hybridized carbons (Fsp3) is 0.286. The number of phenols is 1. The van der Waals surface area contributed by atoms with Crippen LogP contribution in [-0.4, -0.2) is 17.7 Å². The Morgan fingerprint density at radius 3 is 2.44 bits per heavy atom. The number of aromatic hydroxyl groups is 1. The lowest BCUT2D eigenvalue weighted by atomic mass is 10.0. The molecule has 1 rings (SSSR count). The minimum atomic E-state index is -0.636. The van der Waals surface area contributed by atoms with E-state index in [1.165, 1.54) is 6.08 Å². The summed E-state index contributed by atoms with van der Waals surface area (Å²) >= 11 is 0. The molecule has 0 aliphatic carbocycles. The Morgan fingerprint density at radius 1 is 1.44 bits per heavy atom. The molecule has 0 saturated heterocycles. The number of nitriles is 1. The van der Waals surface area contributed by atoms with Gasteiger partial charge in [0.05, 0.1) is 6.61 Å². The Labute approximate surface area is 106 Å². The quantitative estimate of drug-likeness (QED) is 0.504. The minimum absolute atomic E-state index is 0.0543. The highest BCUT2D eigenvalue weighted by molar-refractivity contribution is 5.97. The Balaban J connectivity index is 3.15. The molecule has 0 aliphatic rings. The first-order valence-electron chi connectivity index (χ1n) is 5.58. The summed E-state index contributed by atoms with van der Waals surface area (Å²) in [5.74, 6) is -0.412. The Morgan fingerprint density at radius 2 is 2.00 bits per heavy atom. The van der Waals surface area contributed by atoms with Gasteiger partial charge in [-0.25, -0.2) is 4.79 Å². The van der Waals surface area contributed by atoms with E-state index < -0.39 is 5.97 Å². The fourth-order valence-electron chi connectivity index (χ4n) is 1.59. The number of ether oxygens (including phenoxy) is 1. The lowest BCUT2D eigenvalue weighted by molar-refractivity contribution is -0.137. The Bertz CT molecular complexity index is 515. The summed E-state index contributed by atoms with van der Waals surface area (Å²) in [6.07, 6.45) is 1.46. The van der Waals surface area contributed by atoms with Crippen LogP contribution in [0.5, 0.6) is 5.75 Å². The molecule has 0 aliphatic heterocycles. The molecule has 0 radical (unpaired) electrons. The monoisotopic (exact) mass is 245 g/mol. The number of hydrogen-bond donors (Lipinski definition) is 1. The topological polar surface area (TPSA) is 70.3 Å². The maximum atomic E-state index is 11.5. The molecule has 0 atom stereocenters. The first kappa shape index (κ1) is 13.8. The van der Waals surface area contributed by atoms with E-state index in [4.69, 9.17) is 10.00 Å². The largest absolute Gasteiger partial charge is 0.507 e. The zero-order valence-electron chi connectivity index (χ0n) is 10.7. The minimum Gasteiger partial charge on any atom is -0.507 e. The van der Waals surface area contributed by atoms with Gasteiger partial charge in [0.15, 0.2) is 0 Å². The van der Waals surface area contributed by atoms with Gasteiger partial charge in [0.1, 0.15) is 17.4 Å². The van der Waals surface area contributed by atoms with Gasteiger partial charge < -0.3 is 9.84 Å². The van der Waals surface area contributed by atoms with Crippen LogP contribution in [0, 0.1) is 25.2 Å². The summed E-state index contributed by atoms with van der Waals surface area (Å²) < 4.78 is 4.77. The second-order valence-corrected chi connectivity index (χ2v) is 3.89. The summed E-state index contributed by atoms with van der Waals surface area (Å²) in [6, 6.07) is 5.23. The van der Waals surface area contributed by atoms with E-state index in [0.29, 0.717) is 16.7 Å². The van der Waals surface area contributed by atoms with E-state index in [1.807, 2.05) is 6.07 Å². The SMILES string of the molecule is CCOC(=O)/C(C#N)=C/c1cc(C)c(O)c(C)c1. The summed E-state index contributed by atoms with van der Waals surface area (Å²) in [5.41, 5.74) is 2.03. The van der Waals surface area contributed by atoms with Crippen LogP contribution < -0.4 is 0 Å². The molecule has 0 bridgehead atoms. The maximum absolute atomic E-state index is 11.5. The molecule has 0 heterocycles. The molecule has 18 heavy (non-hydrogen) atoms. The average Bonchev–Trinajstić information content (AvgIpc) is 2.33. The van der Waals surface area contributed by atoms with Crippen LogP contribution in [-0.2, 0) is 9.53 Å². The number of carbonyl (C=O) groups is 1. The van der Waals surface area contributed by atoms with Crippen LogP contribution in [0.25, 0.3) is 6.08 Å². The van der Waals surface area contributed by atoms with E-state index in [1.54, 1.807) is 32.9 Å². The maximum Gasteiger partial charge on any atom is 0.348 e. The molecule has 1 aromatic carbocycles. The lowest BCUT2D eigenvalue weighted by Crippen LogP contribution is -2.06. The van der Waals surface area contributed by atoms with Crippen molar-refractivity contribution in [2.45, 2.75) is 20.8 Å². The molecule has 94 valence electrons. The van der Waals surface area contributed by atoms with Crippen molar-refractivity contribution in [2.75, 3.05) is 6.61 Å². The first-order chi connectivity index (χ1) is 8.49. The van der Waals surface area contributed by atoms with Gasteiger partial charge in [-0.15, -0.1) is 0 Å². The first-order valence-corrected chi connectivity index (χ1v) is 5.58. The molecule has 0 unspecified atom stereocenters. The highest BCUT2D eigenvalue weighted by atomic mass is 16.5. The second-order valence-electron chi connectivity index (χ2n) is 3.89. The molecule has 0 saturated carbocycles. The van der Waals surface area contributed by atoms with Crippen molar-refractivity contribution in [1.29, 1.82) is 5.26 Å². The van der Waals surface area contributed by atoms with Crippen LogP contribution in [0.15, 0.2) is 17.7 Å². The van der Waals surface area contributed by atoms with Crippen molar-refractivity contribution in [3.8, 4) is 11.8 Å². The summed E-state index contributed by atoms with van der Waals surface area (Å²) in [7, 11) is 0. The van der Waals surface area contributed by atoms with Crippen molar-refractivity contribution < 1.29 is 14.6 Å². The van der Waals surface area contributed by atoms with E-state index in [9.17, 15) is 9.90 Å². The molecule has 0 spiro atoms. The van der Waals surface area contributed by atoms with Gasteiger partial charge >= 0.3 is 5.97 Å². The number of phenolic OH excluding ortho intramolecular Hbond substituents is 1. The number of rotatable bonds is 3. The zero-order valence-corrected chi connectivity index (χ0v) is 10.7. The van der Waals surface area contributed by atoms with Gasteiger partial charge in [-0.05, 0) is 55.7 Å². The van der Waals surface area contributed by atoms with Crippen LogP contribution in [0.4, 0.5) is 0 Å². The summed E-state index contributed by atoms with van der Waals surface area (Å²) in [6.45, 7) is 5.43. The molecular formula is C14H15NO3. The Hall–Kier alpha value is -2.28. The predicted molar refractivity (Wildman–Crippen MR) is 67.8 cm³/mol. The predicted octanol–water partition coefficient (Wildman–Crippen LogP) is 2.48. The van der Waals surface area contributed by atoms with Gasteiger partial charge in [-0.1, -0.05) is 0 Å². The van der Waals surface area contributed by atoms with Gasteiger partial charge in [0.2, 0.25) is 0 Å². The van der Waals surface area contributed by atoms with Crippen LogP contribution in [0.2, 0.25) is 0 Å². The molecule has 0 fully saturated rings. The normalized spacial score (nSPS) is 10.9. The fourth-order valence-corrected chi connectivity index (χ4v) is 1.59. The van der Waals surface area contributed by atoms with Crippen molar-refractivity contribution in [3.63, 3.8) is 0 Å². The smallest absolute Gasteiger partial charge is 0.348 e. The number of nitrogens with zero attached hydrogens (tertiary/aromatic N) is 1. The molecule has 1 aromatic rings. The van der Waals surface area contributed by atoms with Crippen molar-refractivity contribution >= 4 is 12.0 Å². The highest BCUT2D eigenvalue weighted by Gasteiger charge is 2.10. The molecule has 1 N–H and O–H groups in total. The van der Waals surface area contributed by atoms with E-state index in [2.05, 4.69) is 0 Å². The zero-order chi connectivity index (χ0) is 13.7. The molecular weight excluding hydrogens is 230 g/mol. The lowest BCUT2D eigenvalue weighted by Gasteiger charge is -2.05. The Kier molecular flexibility index (Phi) is 4.50. The average molecular weight is 245 g/mol. The van der Waals surface area contributed by atoms with Gasteiger partial charge in [-0.3, -0.25) is 0 Å². The van der Waals surface area contributed by atoms with E-state index in [-0.39, 0.29) is 17.9 Å². The van der Waals surface area contributed by atoms with E-state index >= 15 is 0 Å². The number of benzene rings is 1. The number of esters is 1. The summed E-state index contributed by atoms with van der Waals surface area (Å²) in [4.78, 5) is 11.5. The van der Waals surface area contributed by atoms with E-state index in [0.717, 1.165) is 0 Å². The van der Waals surface area contributed by atoms with Gasteiger partial charge in [-0.2, -0.15) is 5.26 Å². The van der Waals surface area contributed by atoms with Gasteiger partial charge in [0.25, 0.3) is 0 Å². The van der Waals surface area contributed by atoms with Crippen molar-refractivity contribution in [3.05, 3.63) is 34.4 Å². The third-order valence-electron chi connectivity index (χ3n) is 2.44. The highest BCUT2D eigenvalue weighted by Crippen LogP contribution is 2.24. The molecule has 0 amide bonds. The third-order valence-corrected chi connectivity index (χ3v) is 2.44. The standard InChI is InChI=1S/C14H15NO3/c1-4-18-14(17)12(8-15)7-11-5-9(2)13(16)10(3)6-11/h5-7,16H,4H2,1-3H3/b12-7+. The van der Waals surface area contributed by atoms with Gasteiger partial charge in [0, 0.05) is 0 Å². The number of carbonyl (C=O) groups excluding carboxylic acids is 1. The molecule has 4 nitrogen and oxygen atoms in total. The second kappa shape index (κ2) is 5.87. The van der Waals surface area contributed by atoms with Crippen LogP contribution in [0.1, 0.15) is 23.6 Å². The number of hydrogen-bond acceptors (Lipinski definition) is 4. The van der Waals surface area contributed by atoms with Crippen LogP contribution >= 0.6 is 0 Å². The van der Waals surface area contributed by atoms with Crippen LogP contribution in [0.3, 0.4) is 0 Å². The molecule has 4 heteroatoms. The summed E-state index contributed by atoms with van der Waals surface area (Å²) in [5, 5.41) is 18.5.